The van der Waals surface area contributed by atoms with Crippen molar-refractivity contribution in [3.63, 3.8) is 0 Å². The van der Waals surface area contributed by atoms with E-state index in [2.05, 4.69) is 10.2 Å². The Morgan fingerprint density at radius 3 is 2.91 bits per heavy atom. The van der Waals surface area contributed by atoms with Crippen molar-refractivity contribution in [1.82, 2.24) is 15.1 Å². The molecule has 1 N–H and O–H groups in total. The smallest absolute Gasteiger partial charge is 0.227 e. The van der Waals surface area contributed by atoms with Crippen LogP contribution in [0.5, 0.6) is 0 Å². The zero-order valence-electron chi connectivity index (χ0n) is 12.2. The molecule has 22 heavy (non-hydrogen) atoms. The summed E-state index contributed by atoms with van der Waals surface area (Å²) < 4.78 is 23.6. The molecule has 1 aromatic carbocycles. The van der Waals surface area contributed by atoms with E-state index >= 15 is 0 Å². The number of carbonyl (C=O) groups excluding carboxylic acids is 1. The van der Waals surface area contributed by atoms with Gasteiger partial charge < -0.3 is 4.90 Å². The summed E-state index contributed by atoms with van der Waals surface area (Å²) in [5.41, 5.74) is 2.64. The molecule has 0 radical (unpaired) electrons. The van der Waals surface area contributed by atoms with Crippen LogP contribution >= 0.6 is 0 Å². The molecule has 1 aromatic heterocycles. The quantitative estimate of drug-likeness (QED) is 0.912. The maximum atomic E-state index is 12.5. The Labute approximate surface area is 129 Å². The zero-order valence-corrected chi connectivity index (χ0v) is 13.1. The minimum atomic E-state index is -3.34. The van der Waals surface area contributed by atoms with Gasteiger partial charge in [-0.15, -0.1) is 0 Å². The van der Waals surface area contributed by atoms with Crippen LogP contribution in [0.2, 0.25) is 0 Å². The summed E-state index contributed by atoms with van der Waals surface area (Å²) in [5.74, 6) is -0.0667. The maximum Gasteiger partial charge on any atom is 0.227 e. The normalized spacial score (nSPS) is 14.7. The van der Waals surface area contributed by atoms with Crippen molar-refractivity contribution in [2.45, 2.75) is 24.3 Å². The Morgan fingerprint density at radius 2 is 2.14 bits per heavy atom. The van der Waals surface area contributed by atoms with E-state index in [1.54, 1.807) is 35.4 Å². The number of benzene rings is 1. The molecule has 2 aromatic rings. The summed E-state index contributed by atoms with van der Waals surface area (Å²) in [6.07, 6.45) is 3.74. The third kappa shape index (κ3) is 2.89. The molecule has 0 saturated carbocycles. The molecule has 6 nitrogen and oxygen atoms in total. The SMILES string of the molecule is CS(=O)(=O)c1ccccc1CC(=O)N1CCc2[nH]ncc2C1. The lowest BCUT2D eigenvalue weighted by Crippen LogP contribution is -2.36. The Hall–Kier alpha value is -2.15. The second-order valence-electron chi connectivity index (χ2n) is 5.50. The lowest BCUT2D eigenvalue weighted by Gasteiger charge is -2.26. The summed E-state index contributed by atoms with van der Waals surface area (Å²) >= 11 is 0. The molecule has 0 aliphatic carbocycles. The van der Waals surface area contributed by atoms with E-state index in [0.717, 1.165) is 23.9 Å². The lowest BCUT2D eigenvalue weighted by molar-refractivity contribution is -0.131. The largest absolute Gasteiger partial charge is 0.338 e. The third-order valence-electron chi connectivity index (χ3n) is 3.87. The number of rotatable bonds is 3. The van der Waals surface area contributed by atoms with Gasteiger partial charge in [0.1, 0.15) is 0 Å². The number of sulfone groups is 1. The molecule has 116 valence electrons. The fourth-order valence-electron chi connectivity index (χ4n) is 2.72. The summed E-state index contributed by atoms with van der Waals surface area (Å²) in [5, 5.41) is 6.91. The fraction of sp³-hybridized carbons (Fsp3) is 0.333. The number of H-pyrrole nitrogens is 1. The molecular formula is C15H17N3O3S. The highest BCUT2D eigenvalue weighted by molar-refractivity contribution is 7.90. The number of hydrogen-bond donors (Lipinski definition) is 1. The molecule has 0 bridgehead atoms. The Kier molecular flexibility index (Phi) is 3.74. The highest BCUT2D eigenvalue weighted by atomic mass is 32.2. The first kappa shape index (κ1) is 14.8. The van der Waals surface area contributed by atoms with Crippen molar-refractivity contribution < 1.29 is 13.2 Å². The summed E-state index contributed by atoms with van der Waals surface area (Å²) in [6, 6.07) is 6.66. The van der Waals surface area contributed by atoms with Gasteiger partial charge in [-0.25, -0.2) is 8.42 Å². The predicted octanol–water partition coefficient (Wildman–Crippen LogP) is 0.941. The highest BCUT2D eigenvalue weighted by Gasteiger charge is 2.23. The molecule has 0 unspecified atom stereocenters. The van der Waals surface area contributed by atoms with Crippen LogP contribution in [0, 0.1) is 0 Å². The van der Waals surface area contributed by atoms with Crippen molar-refractivity contribution in [1.29, 1.82) is 0 Å². The van der Waals surface area contributed by atoms with Gasteiger partial charge in [0.15, 0.2) is 9.84 Å². The summed E-state index contributed by atoms with van der Waals surface area (Å²) in [7, 11) is -3.34. The van der Waals surface area contributed by atoms with Crippen molar-refractivity contribution in [3.05, 3.63) is 47.3 Å². The first-order chi connectivity index (χ1) is 10.4. The first-order valence-corrected chi connectivity index (χ1v) is 8.91. The molecule has 1 amide bonds. The Morgan fingerprint density at radius 1 is 1.36 bits per heavy atom. The van der Waals surface area contributed by atoms with Crippen LogP contribution in [0.15, 0.2) is 35.4 Å². The standard InChI is InChI=1S/C15H17N3O3S/c1-22(20,21)14-5-3-2-4-11(14)8-15(19)18-7-6-13-12(10-18)9-16-17-13/h2-5,9H,6-8,10H2,1H3,(H,16,17). The third-order valence-corrected chi connectivity index (χ3v) is 5.06. The average molecular weight is 319 g/mol. The molecule has 1 aliphatic rings. The molecular weight excluding hydrogens is 302 g/mol. The minimum Gasteiger partial charge on any atom is -0.338 e. The number of hydrogen-bond acceptors (Lipinski definition) is 4. The van der Waals surface area contributed by atoms with Gasteiger partial charge in [-0.1, -0.05) is 18.2 Å². The second-order valence-corrected chi connectivity index (χ2v) is 7.48. The minimum absolute atomic E-state index is 0.0667. The number of nitrogens with one attached hydrogen (secondary N) is 1. The maximum absolute atomic E-state index is 12.5. The number of aromatic amines is 1. The van der Waals surface area contributed by atoms with Crippen LogP contribution in [-0.2, 0) is 34.0 Å². The van der Waals surface area contributed by atoms with Gasteiger partial charge in [0.25, 0.3) is 0 Å². The molecule has 7 heteroatoms. The van der Waals surface area contributed by atoms with Crippen LogP contribution in [0.1, 0.15) is 16.8 Å². The predicted molar refractivity (Wildman–Crippen MR) is 81.0 cm³/mol. The topological polar surface area (TPSA) is 83.1 Å². The van der Waals surface area contributed by atoms with Gasteiger partial charge in [-0.3, -0.25) is 9.89 Å². The van der Waals surface area contributed by atoms with Crippen LogP contribution < -0.4 is 0 Å². The number of fused-ring (bicyclic) bond motifs is 1. The van der Waals surface area contributed by atoms with Crippen molar-refractivity contribution in [2.24, 2.45) is 0 Å². The first-order valence-electron chi connectivity index (χ1n) is 7.02. The Balaban J connectivity index is 1.79. The second kappa shape index (κ2) is 5.57. The van der Waals surface area contributed by atoms with Gasteiger partial charge in [0.2, 0.25) is 5.91 Å². The van der Waals surface area contributed by atoms with E-state index in [9.17, 15) is 13.2 Å². The van der Waals surface area contributed by atoms with Crippen molar-refractivity contribution in [3.8, 4) is 0 Å². The van der Waals surface area contributed by atoms with Gasteiger partial charge in [0, 0.05) is 37.0 Å². The molecule has 0 atom stereocenters. The molecule has 0 spiro atoms. The van der Waals surface area contributed by atoms with E-state index in [1.165, 1.54) is 0 Å². The van der Waals surface area contributed by atoms with E-state index in [4.69, 9.17) is 0 Å². The van der Waals surface area contributed by atoms with E-state index in [1.807, 2.05) is 0 Å². The van der Waals surface area contributed by atoms with Crippen molar-refractivity contribution in [2.75, 3.05) is 12.8 Å². The lowest BCUT2D eigenvalue weighted by atomic mass is 10.1. The molecule has 3 rings (SSSR count). The number of amides is 1. The monoisotopic (exact) mass is 319 g/mol. The average Bonchev–Trinajstić information content (AvgIpc) is 2.94. The van der Waals surface area contributed by atoms with Crippen LogP contribution in [0.3, 0.4) is 0 Å². The van der Waals surface area contributed by atoms with E-state index in [-0.39, 0.29) is 17.2 Å². The van der Waals surface area contributed by atoms with Gasteiger partial charge >= 0.3 is 0 Å². The number of carbonyl (C=O) groups is 1. The highest BCUT2D eigenvalue weighted by Crippen LogP contribution is 2.20. The van der Waals surface area contributed by atoms with Gasteiger partial charge in [-0.2, -0.15) is 5.10 Å². The number of nitrogens with zero attached hydrogens (tertiary/aromatic N) is 2. The Bertz CT molecular complexity index is 811. The zero-order chi connectivity index (χ0) is 15.7. The number of aromatic nitrogens is 2. The van der Waals surface area contributed by atoms with E-state index < -0.39 is 9.84 Å². The molecule has 2 heterocycles. The molecule has 0 saturated heterocycles. The summed E-state index contributed by atoms with van der Waals surface area (Å²) in [4.78, 5) is 14.5. The van der Waals surface area contributed by atoms with Gasteiger partial charge in [0.05, 0.1) is 17.5 Å². The van der Waals surface area contributed by atoms with Crippen LogP contribution in [0.25, 0.3) is 0 Å². The van der Waals surface area contributed by atoms with Crippen molar-refractivity contribution >= 4 is 15.7 Å². The molecule has 0 fully saturated rings. The fourth-order valence-corrected chi connectivity index (χ4v) is 3.66. The summed E-state index contributed by atoms with van der Waals surface area (Å²) in [6.45, 7) is 1.14. The van der Waals surface area contributed by atoms with Crippen LogP contribution in [-0.4, -0.2) is 42.2 Å². The molecule has 1 aliphatic heterocycles. The van der Waals surface area contributed by atoms with E-state index in [0.29, 0.717) is 18.7 Å². The van der Waals surface area contributed by atoms with Crippen LogP contribution in [0.4, 0.5) is 0 Å². The van der Waals surface area contributed by atoms with Gasteiger partial charge in [-0.05, 0) is 11.6 Å².